The molecule has 0 atom stereocenters. The number of halogens is 4. The first-order chi connectivity index (χ1) is 9.56. The summed E-state index contributed by atoms with van der Waals surface area (Å²) in [6.07, 6.45) is 0.883. The van der Waals surface area contributed by atoms with Crippen molar-refractivity contribution in [1.82, 2.24) is 5.32 Å². The molecule has 0 radical (unpaired) electrons. The molecule has 0 amide bonds. The van der Waals surface area contributed by atoms with Crippen LogP contribution >= 0.6 is 55.1 Å². The van der Waals surface area contributed by atoms with Gasteiger partial charge < -0.3 is 5.32 Å². The van der Waals surface area contributed by atoms with E-state index in [1.807, 2.05) is 18.2 Å². The minimum atomic E-state index is 0.673. The van der Waals surface area contributed by atoms with Gasteiger partial charge in [0.1, 0.15) is 0 Å². The Labute approximate surface area is 145 Å². The van der Waals surface area contributed by atoms with Crippen LogP contribution in [0.3, 0.4) is 0 Å². The van der Waals surface area contributed by atoms with Crippen molar-refractivity contribution in [3.05, 3.63) is 66.5 Å². The van der Waals surface area contributed by atoms with Crippen LogP contribution in [-0.4, -0.2) is 6.54 Å². The monoisotopic (exact) mass is 435 g/mol. The number of hydrogen-bond acceptors (Lipinski definition) is 1. The largest absolute Gasteiger partial charge is 0.312 e. The third-order valence-corrected chi connectivity index (χ3v) is 5.37. The van der Waals surface area contributed by atoms with Gasteiger partial charge in [0.25, 0.3) is 0 Å². The van der Waals surface area contributed by atoms with Gasteiger partial charge in [0.05, 0.1) is 0 Å². The van der Waals surface area contributed by atoms with Crippen LogP contribution in [0, 0.1) is 0 Å². The fourth-order valence-electron chi connectivity index (χ4n) is 1.83. The lowest BCUT2D eigenvalue weighted by molar-refractivity contribution is 0.687. The molecule has 2 aromatic rings. The zero-order valence-corrected chi connectivity index (χ0v) is 15.3. The van der Waals surface area contributed by atoms with E-state index >= 15 is 0 Å². The molecule has 0 aliphatic carbocycles. The first-order valence-electron chi connectivity index (χ1n) is 6.15. The summed E-state index contributed by atoms with van der Waals surface area (Å²) in [4.78, 5) is 0. The average molecular weight is 438 g/mol. The highest BCUT2D eigenvalue weighted by Gasteiger charge is 2.02. The maximum Gasteiger partial charge on any atom is 0.0453 e. The Morgan fingerprint density at radius 3 is 2.45 bits per heavy atom. The summed E-state index contributed by atoms with van der Waals surface area (Å²) in [5.74, 6) is 0. The summed E-state index contributed by atoms with van der Waals surface area (Å²) in [5, 5.41) is 4.81. The second-order valence-electron chi connectivity index (χ2n) is 4.41. The highest BCUT2D eigenvalue weighted by atomic mass is 79.9. The van der Waals surface area contributed by atoms with Gasteiger partial charge in [-0.3, -0.25) is 0 Å². The van der Waals surface area contributed by atoms with Gasteiger partial charge in [-0.1, -0.05) is 35.3 Å². The lowest BCUT2D eigenvalue weighted by Gasteiger charge is -2.08. The second kappa shape index (κ2) is 7.81. The molecule has 106 valence electrons. The molecule has 2 aromatic carbocycles. The maximum absolute atomic E-state index is 6.14. The van der Waals surface area contributed by atoms with E-state index in [0.29, 0.717) is 5.02 Å². The summed E-state index contributed by atoms with van der Waals surface area (Å²) in [7, 11) is 0. The molecule has 0 unspecified atom stereocenters. The zero-order valence-electron chi connectivity index (χ0n) is 10.6. The van der Waals surface area contributed by atoms with Gasteiger partial charge in [0.2, 0.25) is 0 Å². The minimum absolute atomic E-state index is 0.673. The number of hydrogen-bond donors (Lipinski definition) is 1. The van der Waals surface area contributed by atoms with Crippen LogP contribution in [0.4, 0.5) is 0 Å². The van der Waals surface area contributed by atoms with Crippen LogP contribution in [0.15, 0.2) is 45.3 Å². The summed E-state index contributed by atoms with van der Waals surface area (Å²) < 4.78 is 2.13. The standard InChI is InChI=1S/C15H13Br2Cl2N/c16-13-4-1-10(7-14(13)17)9-20-6-5-11-2-3-12(18)8-15(11)19/h1-4,7-8,20H,5-6,9H2. The van der Waals surface area contributed by atoms with Crippen LogP contribution in [0.1, 0.15) is 11.1 Å². The van der Waals surface area contributed by atoms with Crippen LogP contribution in [0.2, 0.25) is 10.0 Å². The summed E-state index contributed by atoms with van der Waals surface area (Å²) >= 11 is 19.0. The Morgan fingerprint density at radius 2 is 1.75 bits per heavy atom. The molecule has 0 saturated heterocycles. The molecule has 0 aliphatic rings. The summed E-state index contributed by atoms with van der Waals surface area (Å²) in [5.41, 5.74) is 2.35. The molecule has 0 aliphatic heterocycles. The SMILES string of the molecule is Clc1ccc(CCNCc2ccc(Br)c(Br)c2)c(Cl)c1. The van der Waals surface area contributed by atoms with Gasteiger partial charge in [0, 0.05) is 25.5 Å². The molecule has 0 fully saturated rings. The smallest absolute Gasteiger partial charge is 0.0453 e. The van der Waals surface area contributed by atoms with Crippen LogP contribution in [-0.2, 0) is 13.0 Å². The van der Waals surface area contributed by atoms with Crippen molar-refractivity contribution in [3.8, 4) is 0 Å². The van der Waals surface area contributed by atoms with E-state index in [1.54, 1.807) is 6.07 Å². The molecule has 20 heavy (non-hydrogen) atoms. The van der Waals surface area contributed by atoms with Crippen molar-refractivity contribution in [3.63, 3.8) is 0 Å². The maximum atomic E-state index is 6.14. The van der Waals surface area contributed by atoms with E-state index in [2.05, 4.69) is 49.3 Å². The van der Waals surface area contributed by atoms with E-state index in [0.717, 1.165) is 39.0 Å². The molecule has 0 saturated carbocycles. The van der Waals surface area contributed by atoms with Crippen LogP contribution in [0.25, 0.3) is 0 Å². The predicted molar refractivity (Wildman–Crippen MR) is 93.7 cm³/mol. The predicted octanol–water partition coefficient (Wildman–Crippen LogP) is 5.85. The summed E-state index contributed by atoms with van der Waals surface area (Å²) in [6, 6.07) is 11.9. The Hall–Kier alpha value is -0.0600. The van der Waals surface area contributed by atoms with Crippen molar-refractivity contribution >= 4 is 55.1 Å². The van der Waals surface area contributed by atoms with Crippen molar-refractivity contribution in [2.24, 2.45) is 0 Å². The summed E-state index contributed by atoms with van der Waals surface area (Å²) in [6.45, 7) is 1.70. The number of nitrogens with one attached hydrogen (secondary N) is 1. The third kappa shape index (κ3) is 4.74. The fourth-order valence-corrected chi connectivity index (χ4v) is 3.01. The first-order valence-corrected chi connectivity index (χ1v) is 8.49. The highest BCUT2D eigenvalue weighted by Crippen LogP contribution is 2.24. The number of rotatable bonds is 5. The number of benzene rings is 2. The normalized spacial score (nSPS) is 10.8. The molecular formula is C15H13Br2Cl2N. The van der Waals surface area contributed by atoms with E-state index in [1.165, 1.54) is 5.56 Å². The molecular weight excluding hydrogens is 425 g/mol. The Kier molecular flexibility index (Phi) is 6.37. The van der Waals surface area contributed by atoms with Gasteiger partial charge >= 0.3 is 0 Å². The van der Waals surface area contributed by atoms with Gasteiger partial charge in [-0.25, -0.2) is 0 Å². The van der Waals surface area contributed by atoms with Crippen LogP contribution < -0.4 is 5.32 Å². The minimum Gasteiger partial charge on any atom is -0.312 e. The zero-order chi connectivity index (χ0) is 14.5. The quantitative estimate of drug-likeness (QED) is 0.578. The van der Waals surface area contributed by atoms with Crippen molar-refractivity contribution in [1.29, 1.82) is 0 Å². The lowest BCUT2D eigenvalue weighted by Crippen LogP contribution is -2.16. The van der Waals surface area contributed by atoms with E-state index in [9.17, 15) is 0 Å². The topological polar surface area (TPSA) is 12.0 Å². The second-order valence-corrected chi connectivity index (χ2v) is 6.96. The molecule has 5 heteroatoms. The highest BCUT2D eigenvalue weighted by molar-refractivity contribution is 9.13. The van der Waals surface area contributed by atoms with Crippen molar-refractivity contribution in [2.45, 2.75) is 13.0 Å². The Morgan fingerprint density at radius 1 is 0.950 bits per heavy atom. The van der Waals surface area contributed by atoms with Crippen molar-refractivity contribution in [2.75, 3.05) is 6.54 Å². The average Bonchev–Trinajstić information content (AvgIpc) is 2.40. The Balaban J connectivity index is 1.82. The van der Waals surface area contributed by atoms with Crippen LogP contribution in [0.5, 0.6) is 0 Å². The molecule has 0 spiro atoms. The third-order valence-electron chi connectivity index (χ3n) is 2.90. The van der Waals surface area contributed by atoms with Gasteiger partial charge in [0.15, 0.2) is 0 Å². The van der Waals surface area contributed by atoms with Crippen molar-refractivity contribution < 1.29 is 0 Å². The lowest BCUT2D eigenvalue weighted by atomic mass is 10.1. The molecule has 2 rings (SSSR count). The molecule has 0 bridgehead atoms. The van der Waals surface area contributed by atoms with Gasteiger partial charge in [-0.05, 0) is 80.2 Å². The first kappa shape index (κ1) is 16.3. The molecule has 1 nitrogen and oxygen atoms in total. The fraction of sp³-hybridized carbons (Fsp3) is 0.200. The van der Waals surface area contributed by atoms with Gasteiger partial charge in [-0.2, -0.15) is 0 Å². The molecule has 0 aromatic heterocycles. The van der Waals surface area contributed by atoms with E-state index in [-0.39, 0.29) is 0 Å². The molecule has 0 heterocycles. The van der Waals surface area contributed by atoms with E-state index in [4.69, 9.17) is 23.2 Å². The molecule has 1 N–H and O–H groups in total. The van der Waals surface area contributed by atoms with E-state index < -0.39 is 0 Å². The van der Waals surface area contributed by atoms with Gasteiger partial charge in [-0.15, -0.1) is 0 Å². The Bertz CT molecular complexity index is 602.